The molecule has 1 aliphatic rings. The first-order chi connectivity index (χ1) is 19.9. The van der Waals surface area contributed by atoms with Crippen LogP contribution in [0.5, 0.6) is 11.6 Å². The first kappa shape index (κ1) is 28.0. The Bertz CT molecular complexity index is 1490. The molecule has 0 aliphatic heterocycles. The van der Waals surface area contributed by atoms with Crippen LogP contribution in [-0.4, -0.2) is 60.1 Å². The smallest absolute Gasteiger partial charge is 0.323 e. The molecule has 1 aliphatic carbocycles. The van der Waals surface area contributed by atoms with Gasteiger partial charge in [0, 0.05) is 37.9 Å². The Labute approximate surface area is 241 Å². The van der Waals surface area contributed by atoms with Crippen LogP contribution in [0.2, 0.25) is 0 Å². The number of ether oxygens (including phenoxy) is 1. The topological polar surface area (TPSA) is 95.5 Å². The number of nitrogens with one attached hydrogen (secondary N) is 2. The summed E-state index contributed by atoms with van der Waals surface area (Å²) in [5, 5.41) is 6.09. The average Bonchev–Trinajstić information content (AvgIpc) is 3.81. The Morgan fingerprint density at radius 3 is 2.44 bits per heavy atom. The highest BCUT2D eigenvalue weighted by molar-refractivity contribution is 6.02. The standard InChI is InChI=1S/C32H37N7O2/c1-22-20-25(12-14-29(22)41-31-26(8-5-15-35-31)30-33-16-6-17-34-30)36-32(40)37-27-21-24(23-9-10-23)11-13-28(27)39(4)19-7-18-38(2)3/h5-6,8,11-17,20-21,23H,7,9-10,18-19H2,1-4H3,(H2,36,37,40). The fourth-order valence-corrected chi connectivity index (χ4v) is 4.71. The summed E-state index contributed by atoms with van der Waals surface area (Å²) < 4.78 is 6.15. The van der Waals surface area contributed by atoms with Crippen LogP contribution in [0.4, 0.5) is 21.9 Å². The fourth-order valence-electron chi connectivity index (χ4n) is 4.71. The molecule has 2 heterocycles. The number of amides is 2. The minimum absolute atomic E-state index is 0.290. The molecule has 5 rings (SSSR count). The van der Waals surface area contributed by atoms with Crippen molar-refractivity contribution in [2.45, 2.75) is 32.1 Å². The Kier molecular flexibility index (Phi) is 8.74. The molecule has 1 saturated carbocycles. The largest absolute Gasteiger partial charge is 0.438 e. The normalized spacial score (nSPS) is 12.7. The van der Waals surface area contributed by atoms with Gasteiger partial charge in [-0.25, -0.2) is 19.7 Å². The molecule has 0 radical (unpaired) electrons. The van der Waals surface area contributed by atoms with E-state index in [4.69, 9.17) is 4.74 Å². The summed E-state index contributed by atoms with van der Waals surface area (Å²) in [6.07, 6.45) is 8.48. The molecule has 9 nitrogen and oxygen atoms in total. The molecular formula is C32H37N7O2. The Morgan fingerprint density at radius 2 is 1.71 bits per heavy atom. The molecule has 212 valence electrons. The van der Waals surface area contributed by atoms with E-state index in [1.54, 1.807) is 24.7 Å². The number of carbonyl (C=O) groups is 1. The van der Waals surface area contributed by atoms with Crippen molar-refractivity contribution in [3.63, 3.8) is 0 Å². The second-order valence-electron chi connectivity index (χ2n) is 10.7. The number of rotatable bonds is 11. The molecule has 2 N–H and O–H groups in total. The lowest BCUT2D eigenvalue weighted by molar-refractivity contribution is 0.262. The minimum Gasteiger partial charge on any atom is -0.438 e. The van der Waals surface area contributed by atoms with Gasteiger partial charge in [0.25, 0.3) is 0 Å². The first-order valence-electron chi connectivity index (χ1n) is 14.0. The zero-order valence-electron chi connectivity index (χ0n) is 24.1. The van der Waals surface area contributed by atoms with Gasteiger partial charge in [0.1, 0.15) is 5.75 Å². The van der Waals surface area contributed by atoms with Gasteiger partial charge < -0.3 is 25.2 Å². The van der Waals surface area contributed by atoms with Crippen LogP contribution >= 0.6 is 0 Å². The number of pyridine rings is 1. The quantitative estimate of drug-likeness (QED) is 0.218. The molecule has 0 bridgehead atoms. The van der Waals surface area contributed by atoms with Gasteiger partial charge in [-0.05, 0) is 112 Å². The summed E-state index contributed by atoms with van der Waals surface area (Å²) >= 11 is 0. The highest BCUT2D eigenvalue weighted by atomic mass is 16.5. The van der Waals surface area contributed by atoms with Gasteiger partial charge in [-0.15, -0.1) is 0 Å². The zero-order chi connectivity index (χ0) is 28.8. The van der Waals surface area contributed by atoms with Crippen molar-refractivity contribution < 1.29 is 9.53 Å². The highest BCUT2D eigenvalue weighted by Crippen LogP contribution is 2.42. The van der Waals surface area contributed by atoms with E-state index in [2.05, 4.69) is 74.7 Å². The van der Waals surface area contributed by atoms with Crippen LogP contribution in [0.25, 0.3) is 11.4 Å². The molecule has 0 spiro atoms. The highest BCUT2D eigenvalue weighted by Gasteiger charge is 2.25. The van der Waals surface area contributed by atoms with Gasteiger partial charge in [0.2, 0.25) is 5.88 Å². The van der Waals surface area contributed by atoms with E-state index in [-0.39, 0.29) is 6.03 Å². The van der Waals surface area contributed by atoms with Crippen LogP contribution in [0.15, 0.2) is 73.2 Å². The number of hydrogen-bond acceptors (Lipinski definition) is 7. The molecular weight excluding hydrogens is 514 g/mol. The van der Waals surface area contributed by atoms with Crippen molar-refractivity contribution in [2.24, 2.45) is 0 Å². The Balaban J connectivity index is 1.28. The van der Waals surface area contributed by atoms with E-state index >= 15 is 0 Å². The van der Waals surface area contributed by atoms with Crippen molar-refractivity contribution >= 4 is 23.1 Å². The third kappa shape index (κ3) is 7.37. The number of urea groups is 1. The number of aryl methyl sites for hydroxylation is 1. The lowest BCUT2D eigenvalue weighted by Crippen LogP contribution is -2.26. The first-order valence-corrected chi connectivity index (χ1v) is 14.0. The van der Waals surface area contributed by atoms with Crippen molar-refractivity contribution in [2.75, 3.05) is 49.8 Å². The van der Waals surface area contributed by atoms with Crippen molar-refractivity contribution in [1.29, 1.82) is 0 Å². The monoisotopic (exact) mass is 551 g/mol. The summed E-state index contributed by atoms with van der Waals surface area (Å²) in [5.41, 5.74) is 5.33. The predicted molar refractivity (Wildman–Crippen MR) is 164 cm³/mol. The number of nitrogens with zero attached hydrogens (tertiary/aromatic N) is 5. The molecule has 9 heteroatoms. The summed E-state index contributed by atoms with van der Waals surface area (Å²) in [6.45, 7) is 3.83. The molecule has 0 atom stereocenters. The van der Waals surface area contributed by atoms with Gasteiger partial charge in [-0.1, -0.05) is 6.07 Å². The van der Waals surface area contributed by atoms with Crippen LogP contribution in [0.3, 0.4) is 0 Å². The molecule has 2 aromatic carbocycles. The van der Waals surface area contributed by atoms with Crippen molar-refractivity contribution in [3.05, 3.63) is 84.3 Å². The molecule has 1 fully saturated rings. The molecule has 2 aromatic heterocycles. The Hall–Kier alpha value is -4.50. The SMILES string of the molecule is Cc1cc(NC(=O)Nc2cc(C3CC3)ccc2N(C)CCCN(C)C)ccc1Oc1ncccc1-c1ncccn1. The summed E-state index contributed by atoms with van der Waals surface area (Å²) in [4.78, 5) is 30.6. The number of hydrogen-bond donors (Lipinski definition) is 2. The van der Waals surface area contributed by atoms with Gasteiger partial charge in [-0.3, -0.25) is 0 Å². The maximum absolute atomic E-state index is 13.1. The van der Waals surface area contributed by atoms with Gasteiger partial charge in [-0.2, -0.15) is 0 Å². The van der Waals surface area contributed by atoms with Crippen molar-refractivity contribution in [3.8, 4) is 23.0 Å². The number of carbonyl (C=O) groups excluding carboxylic acids is 1. The summed E-state index contributed by atoms with van der Waals surface area (Å²) in [7, 11) is 6.24. The zero-order valence-corrected chi connectivity index (χ0v) is 24.1. The summed E-state index contributed by atoms with van der Waals surface area (Å²) in [6, 6.07) is 17.1. The molecule has 4 aromatic rings. The third-order valence-corrected chi connectivity index (χ3v) is 7.04. The third-order valence-electron chi connectivity index (χ3n) is 7.04. The lowest BCUT2D eigenvalue weighted by Gasteiger charge is -2.24. The van der Waals surface area contributed by atoms with Crippen LogP contribution in [-0.2, 0) is 0 Å². The van der Waals surface area contributed by atoms with Crippen molar-refractivity contribution in [1.82, 2.24) is 19.9 Å². The van der Waals surface area contributed by atoms with E-state index < -0.39 is 0 Å². The van der Waals surface area contributed by atoms with Gasteiger partial charge >= 0.3 is 6.03 Å². The lowest BCUT2D eigenvalue weighted by atomic mass is 10.1. The van der Waals surface area contributed by atoms with E-state index in [0.29, 0.717) is 34.6 Å². The molecule has 41 heavy (non-hydrogen) atoms. The second-order valence-corrected chi connectivity index (χ2v) is 10.7. The van der Waals surface area contributed by atoms with Crippen LogP contribution < -0.4 is 20.3 Å². The number of aromatic nitrogens is 3. The Morgan fingerprint density at radius 1 is 0.927 bits per heavy atom. The number of benzene rings is 2. The maximum atomic E-state index is 13.1. The molecule has 2 amide bonds. The minimum atomic E-state index is -0.290. The fraction of sp³-hybridized carbons (Fsp3) is 0.312. The van der Waals surface area contributed by atoms with E-state index in [1.165, 1.54) is 18.4 Å². The predicted octanol–water partition coefficient (Wildman–Crippen LogP) is 6.55. The van der Waals surface area contributed by atoms with Gasteiger partial charge in [0.15, 0.2) is 5.82 Å². The van der Waals surface area contributed by atoms with Crippen LogP contribution in [0, 0.1) is 6.92 Å². The summed E-state index contributed by atoms with van der Waals surface area (Å²) in [5.74, 6) is 2.18. The van der Waals surface area contributed by atoms with E-state index in [9.17, 15) is 4.79 Å². The number of anilines is 3. The molecule has 0 unspecified atom stereocenters. The van der Waals surface area contributed by atoms with E-state index in [1.807, 2.05) is 37.3 Å². The second kappa shape index (κ2) is 12.8. The van der Waals surface area contributed by atoms with Gasteiger partial charge in [0.05, 0.1) is 16.9 Å². The maximum Gasteiger partial charge on any atom is 0.323 e. The average molecular weight is 552 g/mol. The van der Waals surface area contributed by atoms with Crippen LogP contribution in [0.1, 0.15) is 36.3 Å². The molecule has 0 saturated heterocycles. The van der Waals surface area contributed by atoms with E-state index in [0.717, 1.165) is 36.4 Å².